The van der Waals surface area contributed by atoms with E-state index in [0.29, 0.717) is 0 Å². The Labute approximate surface area is 115 Å². The summed E-state index contributed by atoms with van der Waals surface area (Å²) >= 11 is 0. The average molecular weight is 274 g/mol. The summed E-state index contributed by atoms with van der Waals surface area (Å²) in [7, 11) is 2.45. The monoisotopic (exact) mass is 274 g/mol. The summed E-state index contributed by atoms with van der Waals surface area (Å²) in [5.74, 6) is 0.261. The lowest BCUT2D eigenvalue weighted by Crippen LogP contribution is -2.60. The molecule has 0 bridgehead atoms. The molecule has 1 heterocycles. The van der Waals surface area contributed by atoms with Gasteiger partial charge in [-0.2, -0.15) is 0 Å². The van der Waals surface area contributed by atoms with E-state index < -0.39 is 5.54 Å². The first-order chi connectivity index (χ1) is 8.32. The number of ketones is 1. The van der Waals surface area contributed by atoms with E-state index in [0.717, 1.165) is 13.1 Å². The molecule has 1 N–H and O–H groups in total. The Morgan fingerprint density at radius 2 is 1.50 bits per heavy atom. The Morgan fingerprint density at radius 1 is 1.06 bits per heavy atom. The highest BCUT2D eigenvalue weighted by Crippen LogP contribution is 2.26. The molecular weight excluding hydrogens is 243 g/mol. The molecule has 0 radical (unpaired) electrons. The van der Waals surface area contributed by atoms with Gasteiger partial charge in [-0.15, -0.1) is 0 Å². The smallest absolute Gasteiger partial charge is 0.172 e. The van der Waals surface area contributed by atoms with Gasteiger partial charge in [-0.25, -0.2) is 0 Å². The van der Waals surface area contributed by atoms with Crippen LogP contribution in [-0.4, -0.2) is 34.9 Å². The maximum absolute atomic E-state index is 12.5. The molecule has 1 saturated heterocycles. The normalized spacial score (nSPS) is 17.9. The molecule has 1 aliphatic rings. The van der Waals surface area contributed by atoms with Crippen LogP contribution in [0.3, 0.4) is 0 Å². The summed E-state index contributed by atoms with van der Waals surface area (Å²) in [4.78, 5) is 14.8. The zero-order valence-electron chi connectivity index (χ0n) is 13.0. The van der Waals surface area contributed by atoms with Crippen molar-refractivity contribution >= 4 is 15.2 Å². The first kappa shape index (κ1) is 18.0. The second-order valence-electron chi connectivity index (χ2n) is 5.71. The highest BCUT2D eigenvalue weighted by Gasteiger charge is 2.42. The molecule has 1 fully saturated rings. The van der Waals surface area contributed by atoms with Crippen molar-refractivity contribution in [1.82, 2.24) is 9.99 Å². The van der Waals surface area contributed by atoms with Crippen LogP contribution in [0.15, 0.2) is 0 Å². The molecule has 0 aromatic carbocycles. The number of likely N-dealkylation sites (tertiary alicyclic amines) is 1. The van der Waals surface area contributed by atoms with Crippen LogP contribution in [0, 0.1) is 0 Å². The van der Waals surface area contributed by atoms with Crippen LogP contribution in [0.5, 0.6) is 0 Å². The van der Waals surface area contributed by atoms with E-state index >= 15 is 0 Å². The summed E-state index contributed by atoms with van der Waals surface area (Å²) in [6.07, 6.45) is 3.73. The lowest BCUT2D eigenvalue weighted by molar-refractivity contribution is -0.135. The first-order valence-electron chi connectivity index (χ1n) is 7.10. The molecule has 3 nitrogen and oxygen atoms in total. The van der Waals surface area contributed by atoms with E-state index in [9.17, 15) is 4.79 Å². The van der Waals surface area contributed by atoms with Crippen molar-refractivity contribution in [2.24, 2.45) is 0 Å². The number of piperidine rings is 1. The molecule has 1 aliphatic heterocycles. The quantitative estimate of drug-likeness (QED) is 0.800. The third-order valence-corrected chi connectivity index (χ3v) is 4.35. The fourth-order valence-corrected chi connectivity index (χ4v) is 2.56. The number of hydrogen-bond donors (Lipinski definition) is 1. The Balaban J connectivity index is 0.00000137. The Morgan fingerprint density at radius 3 is 1.89 bits per heavy atom. The van der Waals surface area contributed by atoms with E-state index in [1.165, 1.54) is 19.3 Å². The van der Waals surface area contributed by atoms with Crippen molar-refractivity contribution in [2.75, 3.05) is 13.1 Å². The van der Waals surface area contributed by atoms with Crippen LogP contribution >= 0.6 is 9.39 Å². The van der Waals surface area contributed by atoms with Gasteiger partial charge in [0.05, 0.1) is 11.1 Å². The minimum atomic E-state index is -0.481. The van der Waals surface area contributed by atoms with Crippen LogP contribution < -0.4 is 5.09 Å². The van der Waals surface area contributed by atoms with Gasteiger partial charge in [0.25, 0.3) is 0 Å². The van der Waals surface area contributed by atoms with Crippen LogP contribution in [0.25, 0.3) is 0 Å². The van der Waals surface area contributed by atoms with Crippen molar-refractivity contribution in [1.29, 1.82) is 0 Å². The van der Waals surface area contributed by atoms with Crippen molar-refractivity contribution in [3.8, 4) is 0 Å². The molecule has 1 unspecified atom stereocenters. The topological polar surface area (TPSA) is 32.3 Å². The number of Topliss-reactive ketones (excluding diaryl/α,β-unsaturated/α-hetero) is 1. The predicted molar refractivity (Wildman–Crippen MR) is 82.8 cm³/mol. The van der Waals surface area contributed by atoms with Gasteiger partial charge in [-0.1, -0.05) is 29.7 Å². The highest BCUT2D eigenvalue weighted by molar-refractivity contribution is 7.13. The fraction of sp³-hybridized carbons (Fsp3) is 0.929. The first-order valence-corrected chi connectivity index (χ1v) is 7.68. The lowest BCUT2D eigenvalue weighted by atomic mass is 9.83. The molecule has 0 aromatic heterocycles. The van der Waals surface area contributed by atoms with Gasteiger partial charge in [-0.05, 0) is 53.6 Å². The number of carbonyl (C=O) groups is 1. The molecule has 108 valence electrons. The van der Waals surface area contributed by atoms with E-state index in [4.69, 9.17) is 0 Å². The van der Waals surface area contributed by atoms with Gasteiger partial charge in [0.1, 0.15) is 0 Å². The zero-order valence-corrected chi connectivity index (χ0v) is 14.1. The number of rotatable bonds is 4. The summed E-state index contributed by atoms with van der Waals surface area (Å²) in [6, 6.07) is 0. The molecular formula is C14H31N2OP. The Bertz CT molecular complexity index is 259. The fourth-order valence-electron chi connectivity index (χ4n) is 2.43. The SMILES string of the molecule is CC.CC(C)(NP)C(=O)C(C)(C)N1CCCCC1. The second-order valence-corrected chi connectivity index (χ2v) is 5.99. The third-order valence-electron chi connectivity index (χ3n) is 3.63. The van der Waals surface area contributed by atoms with Crippen LogP contribution in [0.4, 0.5) is 0 Å². The second kappa shape index (κ2) is 7.57. The maximum Gasteiger partial charge on any atom is 0.172 e. The molecule has 0 aliphatic carbocycles. The van der Waals surface area contributed by atoms with Crippen LogP contribution in [0.2, 0.25) is 0 Å². The van der Waals surface area contributed by atoms with Gasteiger partial charge in [0.15, 0.2) is 5.78 Å². The Hall–Kier alpha value is 0.0200. The molecule has 1 rings (SSSR count). The van der Waals surface area contributed by atoms with E-state index in [1.807, 2.05) is 41.5 Å². The van der Waals surface area contributed by atoms with Gasteiger partial charge < -0.3 is 0 Å². The van der Waals surface area contributed by atoms with Gasteiger partial charge in [0, 0.05) is 0 Å². The lowest BCUT2D eigenvalue weighted by Gasteiger charge is -2.43. The van der Waals surface area contributed by atoms with Crippen molar-refractivity contribution in [2.45, 2.75) is 71.9 Å². The predicted octanol–water partition coefficient (Wildman–Crippen LogP) is 3.00. The molecule has 0 aromatic rings. The van der Waals surface area contributed by atoms with Crippen LogP contribution in [0.1, 0.15) is 60.8 Å². The maximum atomic E-state index is 12.5. The van der Waals surface area contributed by atoms with Gasteiger partial charge in [0.2, 0.25) is 0 Å². The molecule has 1 atom stereocenters. The summed E-state index contributed by atoms with van der Waals surface area (Å²) < 4.78 is 0. The number of hydrogen-bond acceptors (Lipinski definition) is 3. The van der Waals surface area contributed by atoms with Crippen molar-refractivity contribution < 1.29 is 4.79 Å². The number of carbonyl (C=O) groups excluding carboxylic acids is 1. The summed E-state index contributed by atoms with van der Waals surface area (Å²) in [5.41, 5.74) is -0.848. The minimum absolute atomic E-state index is 0.261. The van der Waals surface area contributed by atoms with E-state index in [2.05, 4.69) is 19.4 Å². The largest absolute Gasteiger partial charge is 0.296 e. The van der Waals surface area contributed by atoms with Gasteiger partial charge in [-0.3, -0.25) is 14.8 Å². The zero-order chi connectivity index (χ0) is 14.4. The molecule has 18 heavy (non-hydrogen) atoms. The third kappa shape index (κ3) is 4.29. The molecule has 4 heteroatoms. The number of nitrogens with one attached hydrogen (secondary N) is 1. The van der Waals surface area contributed by atoms with Gasteiger partial charge >= 0.3 is 0 Å². The highest BCUT2D eigenvalue weighted by atomic mass is 31.0. The standard InChI is InChI=1S/C12H25N2OP.C2H6/c1-11(2,13-16)10(15)12(3,4)14-8-6-5-7-9-14;1-2/h13H,5-9,16H2,1-4H3;1-2H3. The molecule has 0 amide bonds. The summed E-state index contributed by atoms with van der Waals surface area (Å²) in [6.45, 7) is 14.1. The molecule has 0 spiro atoms. The minimum Gasteiger partial charge on any atom is -0.296 e. The van der Waals surface area contributed by atoms with E-state index in [1.54, 1.807) is 0 Å². The molecule has 0 saturated carbocycles. The summed E-state index contributed by atoms with van der Waals surface area (Å²) in [5, 5.41) is 3.03. The van der Waals surface area contributed by atoms with E-state index in [-0.39, 0.29) is 11.3 Å². The average Bonchev–Trinajstić information content (AvgIpc) is 2.41. The van der Waals surface area contributed by atoms with Crippen molar-refractivity contribution in [3.63, 3.8) is 0 Å². The number of nitrogens with zero attached hydrogens (tertiary/aromatic N) is 1. The van der Waals surface area contributed by atoms with Crippen molar-refractivity contribution in [3.05, 3.63) is 0 Å². The Kier molecular flexibility index (Phi) is 7.58. The van der Waals surface area contributed by atoms with Crippen LogP contribution in [-0.2, 0) is 4.79 Å².